The third-order valence-electron chi connectivity index (χ3n) is 5.99. The van der Waals surface area contributed by atoms with Crippen LogP contribution in [0.25, 0.3) is 0 Å². The molecule has 0 bridgehead atoms. The van der Waals surface area contributed by atoms with E-state index in [1.807, 2.05) is 19.1 Å². The van der Waals surface area contributed by atoms with Gasteiger partial charge in [-0.3, -0.25) is 0 Å². The number of aromatic nitrogens is 2. The van der Waals surface area contributed by atoms with Gasteiger partial charge < -0.3 is 13.9 Å². The molecule has 10 nitrogen and oxygen atoms in total. The SMILES string of the molecule is COC(=O)c1csc(S(=O)(=O)NC(c2n[nH]c(=O)o2)C(C)c2cccc3c2CCCC3)c1OC. The van der Waals surface area contributed by atoms with Gasteiger partial charge in [0, 0.05) is 11.3 Å². The Bertz CT molecular complexity index is 1360. The molecule has 0 fully saturated rings. The van der Waals surface area contributed by atoms with Crippen LogP contribution in [0, 0.1) is 0 Å². The van der Waals surface area contributed by atoms with Gasteiger partial charge in [0.15, 0.2) is 9.96 Å². The van der Waals surface area contributed by atoms with Gasteiger partial charge in [0.25, 0.3) is 10.0 Å². The van der Waals surface area contributed by atoms with Gasteiger partial charge in [0.2, 0.25) is 5.89 Å². The number of nitrogens with one attached hydrogen (secondary N) is 2. The fourth-order valence-corrected chi connectivity index (χ4v) is 7.04. The number of methoxy groups -OCH3 is 2. The summed E-state index contributed by atoms with van der Waals surface area (Å²) in [4.78, 5) is 23.7. The lowest BCUT2D eigenvalue weighted by Gasteiger charge is -2.27. The number of hydrogen-bond acceptors (Lipinski definition) is 9. The normalized spacial score (nSPS) is 15.4. The first-order valence-corrected chi connectivity index (χ1v) is 13.0. The number of nitrogens with zero attached hydrogens (tertiary/aromatic N) is 1. The van der Waals surface area contributed by atoms with Crippen molar-refractivity contribution in [2.75, 3.05) is 14.2 Å². The van der Waals surface area contributed by atoms with Crippen LogP contribution in [-0.2, 0) is 27.6 Å². The molecule has 2 atom stereocenters. The lowest BCUT2D eigenvalue weighted by atomic mass is 9.82. The Balaban J connectivity index is 1.76. The fraction of sp³-hybridized carbons (Fsp3) is 0.409. The van der Waals surface area contributed by atoms with Crippen LogP contribution in [0.2, 0.25) is 0 Å². The minimum Gasteiger partial charge on any atom is -0.494 e. The van der Waals surface area contributed by atoms with Crippen molar-refractivity contribution >= 4 is 27.3 Å². The number of carbonyl (C=O) groups excluding carboxylic acids is 1. The van der Waals surface area contributed by atoms with E-state index < -0.39 is 33.7 Å². The summed E-state index contributed by atoms with van der Waals surface area (Å²) in [5, 5.41) is 7.47. The largest absolute Gasteiger partial charge is 0.494 e. The predicted molar refractivity (Wildman–Crippen MR) is 124 cm³/mol. The second-order valence-electron chi connectivity index (χ2n) is 7.99. The number of aryl methyl sites for hydroxylation is 1. The number of ether oxygens (including phenoxy) is 2. The van der Waals surface area contributed by atoms with Crippen LogP contribution in [0.1, 0.15) is 64.7 Å². The van der Waals surface area contributed by atoms with Gasteiger partial charge in [-0.1, -0.05) is 25.1 Å². The minimum atomic E-state index is -4.22. The van der Waals surface area contributed by atoms with Gasteiger partial charge in [-0.15, -0.1) is 16.4 Å². The van der Waals surface area contributed by atoms with E-state index in [0.29, 0.717) is 0 Å². The summed E-state index contributed by atoms with van der Waals surface area (Å²) in [5.74, 6) is -2.12. The molecule has 0 saturated carbocycles. The van der Waals surface area contributed by atoms with E-state index in [9.17, 15) is 18.0 Å². The summed E-state index contributed by atoms with van der Waals surface area (Å²) in [6.45, 7) is 1.86. The van der Waals surface area contributed by atoms with Crippen molar-refractivity contribution in [3.63, 3.8) is 0 Å². The zero-order chi connectivity index (χ0) is 24.5. The molecule has 0 radical (unpaired) electrons. The van der Waals surface area contributed by atoms with Crippen LogP contribution >= 0.6 is 11.3 Å². The molecule has 2 aromatic heterocycles. The molecule has 0 spiro atoms. The molecule has 2 heterocycles. The summed E-state index contributed by atoms with van der Waals surface area (Å²) in [7, 11) is -1.74. The molecule has 12 heteroatoms. The summed E-state index contributed by atoms with van der Waals surface area (Å²) in [6.07, 6.45) is 4.01. The maximum Gasteiger partial charge on any atom is 0.434 e. The summed E-state index contributed by atoms with van der Waals surface area (Å²) >= 11 is 0.827. The van der Waals surface area contributed by atoms with Crippen LogP contribution in [-0.4, -0.2) is 38.8 Å². The first-order chi connectivity index (χ1) is 16.3. The monoisotopic (exact) mass is 507 g/mol. The second-order valence-corrected chi connectivity index (χ2v) is 10.8. The van der Waals surface area contributed by atoms with Crippen molar-refractivity contribution in [3.8, 4) is 5.75 Å². The Morgan fingerprint density at radius 1 is 1.26 bits per heavy atom. The highest BCUT2D eigenvalue weighted by Gasteiger charge is 2.36. The number of H-pyrrole nitrogens is 1. The van der Waals surface area contributed by atoms with Crippen molar-refractivity contribution in [2.24, 2.45) is 0 Å². The Labute approximate surface area is 200 Å². The number of benzene rings is 1. The highest BCUT2D eigenvalue weighted by molar-refractivity contribution is 7.91. The van der Waals surface area contributed by atoms with Gasteiger partial charge in [-0.25, -0.2) is 23.1 Å². The van der Waals surface area contributed by atoms with E-state index in [4.69, 9.17) is 13.9 Å². The first-order valence-electron chi connectivity index (χ1n) is 10.7. The van der Waals surface area contributed by atoms with Crippen LogP contribution in [0.5, 0.6) is 5.75 Å². The topological polar surface area (TPSA) is 141 Å². The van der Waals surface area contributed by atoms with Crippen LogP contribution in [0.4, 0.5) is 0 Å². The number of fused-ring (bicyclic) bond motifs is 1. The van der Waals surface area contributed by atoms with Gasteiger partial charge in [0.05, 0.1) is 14.2 Å². The maximum atomic E-state index is 13.5. The highest BCUT2D eigenvalue weighted by Crippen LogP contribution is 2.39. The quantitative estimate of drug-likeness (QED) is 0.444. The molecule has 182 valence electrons. The Hall–Kier alpha value is -2.96. The predicted octanol–water partition coefficient (Wildman–Crippen LogP) is 2.92. The second kappa shape index (κ2) is 9.72. The van der Waals surface area contributed by atoms with Crippen LogP contribution < -0.4 is 15.2 Å². The third-order valence-corrected chi connectivity index (χ3v) is 8.93. The number of aromatic amines is 1. The summed E-state index contributed by atoms with van der Waals surface area (Å²) in [5.41, 5.74) is 3.39. The van der Waals surface area contributed by atoms with Crippen molar-refractivity contribution < 1.29 is 27.1 Å². The van der Waals surface area contributed by atoms with Crippen LogP contribution in [0.15, 0.2) is 37.0 Å². The molecule has 2 unspecified atom stereocenters. The molecule has 4 rings (SSSR count). The van der Waals surface area contributed by atoms with Crippen molar-refractivity contribution in [1.29, 1.82) is 0 Å². The smallest absolute Gasteiger partial charge is 0.434 e. The number of hydrogen-bond donors (Lipinski definition) is 2. The molecule has 0 saturated heterocycles. The highest BCUT2D eigenvalue weighted by atomic mass is 32.2. The van der Waals surface area contributed by atoms with E-state index in [-0.39, 0.29) is 21.4 Å². The molecule has 0 aliphatic heterocycles. The number of sulfonamides is 1. The van der Waals surface area contributed by atoms with E-state index in [1.165, 1.54) is 30.7 Å². The van der Waals surface area contributed by atoms with E-state index >= 15 is 0 Å². The molecule has 3 aromatic rings. The molecule has 2 N–H and O–H groups in total. The van der Waals surface area contributed by atoms with Gasteiger partial charge in [0.1, 0.15) is 11.6 Å². The number of thiophene rings is 1. The number of carbonyl (C=O) groups is 1. The first kappa shape index (κ1) is 24.2. The van der Waals surface area contributed by atoms with Crippen LogP contribution in [0.3, 0.4) is 0 Å². The Kier molecular flexibility index (Phi) is 6.91. The number of esters is 1. The molecule has 1 aliphatic carbocycles. The molecule has 0 amide bonds. The summed E-state index contributed by atoms with van der Waals surface area (Å²) in [6, 6.07) is 5.00. The third kappa shape index (κ3) is 4.52. The number of rotatable bonds is 8. The molecular weight excluding hydrogens is 482 g/mol. The zero-order valence-electron chi connectivity index (χ0n) is 18.9. The van der Waals surface area contributed by atoms with Gasteiger partial charge >= 0.3 is 11.7 Å². The molecule has 1 aromatic carbocycles. The van der Waals surface area contributed by atoms with Gasteiger partial charge in [-0.05, 0) is 42.4 Å². The maximum absolute atomic E-state index is 13.5. The average molecular weight is 508 g/mol. The van der Waals surface area contributed by atoms with E-state index in [1.54, 1.807) is 0 Å². The lowest BCUT2D eigenvalue weighted by Crippen LogP contribution is -2.32. The lowest BCUT2D eigenvalue weighted by molar-refractivity contribution is 0.0597. The summed E-state index contributed by atoms with van der Waals surface area (Å²) < 4.78 is 44.5. The van der Waals surface area contributed by atoms with Crippen molar-refractivity contribution in [3.05, 3.63) is 62.3 Å². The minimum absolute atomic E-state index is 0.00315. The zero-order valence-corrected chi connectivity index (χ0v) is 20.5. The average Bonchev–Trinajstić information content (AvgIpc) is 3.48. The Morgan fingerprint density at radius 3 is 2.71 bits per heavy atom. The fourth-order valence-electron chi connectivity index (χ4n) is 4.34. The standard InChI is InChI=1S/C22H25N3O7S2/c1-12(14-10-6-8-13-7-4-5-9-15(13)14)17(19-23-24-22(27)32-19)25-34(28,29)21-18(30-2)16(11-33-21)20(26)31-3/h6,8,10-12,17,25H,4-5,7,9H2,1-3H3,(H,24,27). The van der Waals surface area contributed by atoms with E-state index in [0.717, 1.165) is 42.6 Å². The molecule has 1 aliphatic rings. The molecule has 34 heavy (non-hydrogen) atoms. The van der Waals surface area contributed by atoms with Crippen molar-refractivity contribution in [1.82, 2.24) is 14.9 Å². The van der Waals surface area contributed by atoms with Gasteiger partial charge in [-0.2, -0.15) is 4.72 Å². The van der Waals surface area contributed by atoms with Crippen molar-refractivity contribution in [2.45, 2.75) is 48.8 Å². The Morgan fingerprint density at radius 2 is 2.03 bits per heavy atom. The molecular formula is C22H25N3O7S2. The van der Waals surface area contributed by atoms with E-state index in [2.05, 4.69) is 21.0 Å².